The normalized spacial score (nSPS) is 14.9. The maximum atomic E-state index is 12.9. The fraction of sp³-hybridized carbons (Fsp3) is 0.632. The summed E-state index contributed by atoms with van der Waals surface area (Å²) < 4.78 is 29.2. The molecule has 146 valence electrons. The number of benzene rings is 1. The van der Waals surface area contributed by atoms with Crippen LogP contribution in [0.15, 0.2) is 18.2 Å². The zero-order chi connectivity index (χ0) is 19.4. The first-order valence-electron chi connectivity index (χ1n) is 9.13. The van der Waals surface area contributed by atoms with Crippen LogP contribution in [-0.2, 0) is 37.5 Å². The Morgan fingerprint density at radius 1 is 1.19 bits per heavy atom. The van der Waals surface area contributed by atoms with Crippen LogP contribution < -0.4 is 0 Å². The second-order valence-corrected chi connectivity index (χ2v) is 9.37. The topological polar surface area (TPSA) is 65.1 Å². The molecule has 0 atom stereocenters. The first-order chi connectivity index (χ1) is 12.2. The van der Waals surface area contributed by atoms with Crippen molar-refractivity contribution in [1.82, 2.24) is 4.90 Å². The lowest BCUT2D eigenvalue weighted by Crippen LogP contribution is -2.40. The Morgan fingerprint density at radius 3 is 2.42 bits per heavy atom. The van der Waals surface area contributed by atoms with Crippen molar-refractivity contribution in [2.75, 3.05) is 19.8 Å². The minimum Gasteiger partial charge on any atom is -0.444 e. The summed E-state index contributed by atoms with van der Waals surface area (Å²) in [6, 6.07) is 5.89. The molecule has 1 heterocycles. The van der Waals surface area contributed by atoms with E-state index in [9.17, 15) is 9.36 Å². The van der Waals surface area contributed by atoms with Crippen molar-refractivity contribution in [2.45, 2.75) is 59.3 Å². The fourth-order valence-corrected chi connectivity index (χ4v) is 4.81. The van der Waals surface area contributed by atoms with E-state index >= 15 is 0 Å². The summed E-state index contributed by atoms with van der Waals surface area (Å²) in [5.41, 5.74) is 2.64. The molecule has 1 amide bonds. The molecule has 6 nitrogen and oxygen atoms in total. The van der Waals surface area contributed by atoms with Gasteiger partial charge in [0.2, 0.25) is 0 Å². The first-order valence-corrected chi connectivity index (χ1v) is 10.9. The number of carbonyl (C=O) groups is 1. The van der Waals surface area contributed by atoms with Gasteiger partial charge in [0.25, 0.3) is 0 Å². The van der Waals surface area contributed by atoms with Crippen molar-refractivity contribution in [1.29, 1.82) is 0 Å². The smallest absolute Gasteiger partial charge is 0.410 e. The SMILES string of the molecule is CCOP(=O)(Cc1cccc2c1CCN(C(=O)OC(C)(C)C)C2)OCC. The van der Waals surface area contributed by atoms with Gasteiger partial charge < -0.3 is 18.7 Å². The van der Waals surface area contributed by atoms with E-state index in [4.69, 9.17) is 13.8 Å². The van der Waals surface area contributed by atoms with Gasteiger partial charge in [0.15, 0.2) is 0 Å². The summed E-state index contributed by atoms with van der Waals surface area (Å²) in [6.07, 6.45) is 0.649. The third kappa shape index (κ3) is 5.57. The van der Waals surface area contributed by atoms with Gasteiger partial charge in [0, 0.05) is 13.1 Å². The van der Waals surface area contributed by atoms with Crippen LogP contribution in [0.4, 0.5) is 4.79 Å². The van der Waals surface area contributed by atoms with Crippen molar-refractivity contribution in [2.24, 2.45) is 0 Å². The van der Waals surface area contributed by atoms with Gasteiger partial charge in [0.05, 0.1) is 19.4 Å². The Hall–Kier alpha value is -1.36. The summed E-state index contributed by atoms with van der Waals surface area (Å²) >= 11 is 0. The quantitative estimate of drug-likeness (QED) is 0.664. The minimum absolute atomic E-state index is 0.254. The van der Waals surface area contributed by atoms with Gasteiger partial charge in [-0.25, -0.2) is 4.79 Å². The third-order valence-electron chi connectivity index (χ3n) is 4.03. The largest absolute Gasteiger partial charge is 0.444 e. The van der Waals surface area contributed by atoms with Crippen LogP contribution in [0.5, 0.6) is 0 Å². The van der Waals surface area contributed by atoms with Gasteiger partial charge in [-0.1, -0.05) is 18.2 Å². The van der Waals surface area contributed by atoms with Crippen molar-refractivity contribution in [3.8, 4) is 0 Å². The predicted octanol–water partition coefficient (Wildman–Crippen LogP) is 4.75. The molecule has 26 heavy (non-hydrogen) atoms. The van der Waals surface area contributed by atoms with E-state index in [1.165, 1.54) is 0 Å². The van der Waals surface area contributed by atoms with Crippen LogP contribution in [0, 0.1) is 0 Å². The van der Waals surface area contributed by atoms with Crippen molar-refractivity contribution in [3.05, 3.63) is 34.9 Å². The van der Waals surface area contributed by atoms with Gasteiger partial charge in [-0.15, -0.1) is 0 Å². The molecule has 7 heteroatoms. The lowest BCUT2D eigenvalue weighted by atomic mass is 9.95. The Bertz CT molecular complexity index is 673. The molecule has 2 rings (SSSR count). The molecule has 0 bridgehead atoms. The number of fused-ring (bicyclic) bond motifs is 1. The Morgan fingerprint density at radius 2 is 1.85 bits per heavy atom. The third-order valence-corrected chi connectivity index (χ3v) is 6.06. The summed E-state index contributed by atoms with van der Waals surface area (Å²) in [7, 11) is -3.16. The van der Waals surface area contributed by atoms with Gasteiger partial charge in [-0.3, -0.25) is 4.57 Å². The highest BCUT2D eigenvalue weighted by atomic mass is 31.2. The highest BCUT2D eigenvalue weighted by Gasteiger charge is 2.30. The lowest BCUT2D eigenvalue weighted by molar-refractivity contribution is 0.0223. The van der Waals surface area contributed by atoms with Crippen molar-refractivity contribution in [3.63, 3.8) is 0 Å². The van der Waals surface area contributed by atoms with E-state index in [0.717, 1.165) is 16.7 Å². The van der Waals surface area contributed by atoms with E-state index in [-0.39, 0.29) is 12.3 Å². The molecule has 0 aromatic heterocycles. The van der Waals surface area contributed by atoms with Gasteiger partial charge >= 0.3 is 13.7 Å². The van der Waals surface area contributed by atoms with E-state index in [0.29, 0.717) is 32.7 Å². The maximum absolute atomic E-state index is 12.9. The number of amides is 1. The molecule has 1 aromatic rings. The molecule has 0 saturated heterocycles. The Labute approximate surface area is 156 Å². The second kappa shape index (κ2) is 8.55. The molecule has 0 radical (unpaired) electrons. The number of ether oxygens (including phenoxy) is 1. The molecule has 0 fully saturated rings. The summed E-state index contributed by atoms with van der Waals surface area (Å²) in [5, 5.41) is 0. The standard InChI is InChI=1S/C19H30NO5P/c1-6-23-26(22,24-7-2)14-16-10-8-9-15-13-20(12-11-17(15)16)18(21)25-19(3,4)5/h8-10H,6-7,11-14H2,1-5H3. The fourth-order valence-electron chi connectivity index (χ4n) is 3.05. The van der Waals surface area contributed by atoms with Crippen molar-refractivity contribution < 1.29 is 23.1 Å². The predicted molar refractivity (Wildman–Crippen MR) is 101 cm³/mol. The van der Waals surface area contributed by atoms with Crippen molar-refractivity contribution >= 4 is 13.7 Å². The molecule has 0 aliphatic carbocycles. The summed E-state index contributed by atoms with van der Waals surface area (Å²) in [4.78, 5) is 14.0. The van der Waals surface area contributed by atoms with Gasteiger partial charge in [-0.05, 0) is 57.7 Å². The lowest BCUT2D eigenvalue weighted by Gasteiger charge is -2.32. The Kier molecular flexibility index (Phi) is 6.89. The molecule has 0 unspecified atom stereocenters. The van der Waals surface area contributed by atoms with Crippen LogP contribution in [0.3, 0.4) is 0 Å². The van der Waals surface area contributed by atoms with Crippen LogP contribution in [0.2, 0.25) is 0 Å². The van der Waals surface area contributed by atoms with E-state index < -0.39 is 13.2 Å². The number of nitrogens with zero attached hydrogens (tertiary/aromatic N) is 1. The average Bonchev–Trinajstić information content (AvgIpc) is 2.53. The Balaban J connectivity index is 2.18. The zero-order valence-electron chi connectivity index (χ0n) is 16.4. The maximum Gasteiger partial charge on any atom is 0.410 e. The molecule has 1 aromatic carbocycles. The average molecular weight is 383 g/mol. The number of hydrogen-bond acceptors (Lipinski definition) is 5. The highest BCUT2D eigenvalue weighted by molar-refractivity contribution is 7.53. The van der Waals surface area contributed by atoms with Crippen LogP contribution in [0.25, 0.3) is 0 Å². The molecule has 0 spiro atoms. The van der Waals surface area contributed by atoms with E-state index in [2.05, 4.69) is 0 Å². The minimum atomic E-state index is -3.16. The van der Waals surface area contributed by atoms with Gasteiger partial charge in [-0.2, -0.15) is 0 Å². The molecule has 0 N–H and O–H groups in total. The number of carbonyl (C=O) groups excluding carboxylic acids is 1. The molecular formula is C19H30NO5P. The summed E-state index contributed by atoms with van der Waals surface area (Å²) in [6.45, 7) is 11.0. The molecule has 0 saturated carbocycles. The van der Waals surface area contributed by atoms with Crippen LogP contribution >= 0.6 is 7.60 Å². The highest BCUT2D eigenvalue weighted by Crippen LogP contribution is 2.52. The van der Waals surface area contributed by atoms with Crippen LogP contribution in [-0.4, -0.2) is 36.4 Å². The van der Waals surface area contributed by atoms with E-state index in [1.54, 1.807) is 4.90 Å². The van der Waals surface area contributed by atoms with Gasteiger partial charge in [0.1, 0.15) is 5.60 Å². The second-order valence-electron chi connectivity index (χ2n) is 7.31. The first kappa shape index (κ1) is 20.9. The molecular weight excluding hydrogens is 353 g/mol. The summed E-state index contributed by atoms with van der Waals surface area (Å²) in [5.74, 6) is 0. The number of hydrogen-bond donors (Lipinski definition) is 0. The van der Waals surface area contributed by atoms with E-state index in [1.807, 2.05) is 52.8 Å². The molecule has 1 aliphatic rings. The van der Waals surface area contributed by atoms with Crippen LogP contribution in [0.1, 0.15) is 51.3 Å². The zero-order valence-corrected chi connectivity index (χ0v) is 17.3. The number of rotatable bonds is 6. The molecule has 1 aliphatic heterocycles. The monoisotopic (exact) mass is 383 g/mol.